The molecule has 1 saturated carbocycles. The van der Waals surface area contributed by atoms with E-state index in [2.05, 4.69) is 10.3 Å². The number of carbonyl (C=O) groups excluding carboxylic acids is 1. The Kier molecular flexibility index (Phi) is 5.70. The normalized spacial score (nSPS) is 19.5. The van der Waals surface area contributed by atoms with Gasteiger partial charge >= 0.3 is 0 Å². The molecule has 1 heterocycles. The fourth-order valence-electron chi connectivity index (χ4n) is 4.06. The van der Waals surface area contributed by atoms with E-state index in [1.165, 1.54) is 30.3 Å². The summed E-state index contributed by atoms with van der Waals surface area (Å²) in [7, 11) is 0. The Morgan fingerprint density at radius 2 is 1.77 bits per heavy atom. The molecule has 164 valence electrons. The predicted octanol–water partition coefficient (Wildman–Crippen LogP) is 4.49. The fraction of sp³-hybridized carbons (Fsp3) is 0.318. The second-order valence-electron chi connectivity index (χ2n) is 7.73. The van der Waals surface area contributed by atoms with Gasteiger partial charge in [0.2, 0.25) is 5.91 Å². The number of hydrogen-bond acceptors (Lipinski definition) is 2. The number of aromatic nitrogens is 1. The summed E-state index contributed by atoms with van der Waals surface area (Å²) in [5, 5.41) is 11.4. The van der Waals surface area contributed by atoms with E-state index in [1.54, 1.807) is 0 Å². The Labute approximate surface area is 174 Å². The highest BCUT2D eigenvalue weighted by molar-refractivity contribution is 5.92. The Hall–Kier alpha value is -2.94. The second kappa shape index (κ2) is 8.30. The van der Waals surface area contributed by atoms with Crippen molar-refractivity contribution >= 4 is 16.8 Å². The van der Waals surface area contributed by atoms with Crippen LogP contribution in [0.15, 0.2) is 36.4 Å². The summed E-state index contributed by atoms with van der Waals surface area (Å²) >= 11 is 0. The van der Waals surface area contributed by atoms with Crippen LogP contribution >= 0.6 is 0 Å². The number of hydrogen-bond donors (Lipinski definition) is 3. The molecule has 2 aromatic carbocycles. The average Bonchev–Trinajstić information content (AvgIpc) is 3.05. The summed E-state index contributed by atoms with van der Waals surface area (Å²) in [6.07, 6.45) is -2.33. The molecule has 3 N–H and O–H groups in total. The number of alkyl halides is 2. The first kappa shape index (κ1) is 21.3. The van der Waals surface area contributed by atoms with E-state index >= 15 is 0 Å². The number of benzene rings is 2. The topological polar surface area (TPSA) is 65.1 Å². The number of carbonyl (C=O) groups is 1. The van der Waals surface area contributed by atoms with Gasteiger partial charge in [-0.1, -0.05) is 0 Å². The molecule has 0 radical (unpaired) electrons. The number of amides is 1. The van der Waals surface area contributed by atoms with E-state index in [0.717, 1.165) is 6.07 Å². The molecule has 1 aromatic heterocycles. The molecule has 3 aromatic rings. The monoisotopic (exact) mass is 438 g/mol. The van der Waals surface area contributed by atoms with Crippen molar-refractivity contribution in [1.82, 2.24) is 10.3 Å². The van der Waals surface area contributed by atoms with Gasteiger partial charge in [0.25, 0.3) is 6.43 Å². The van der Waals surface area contributed by atoms with Crippen LogP contribution in [0.2, 0.25) is 0 Å². The van der Waals surface area contributed by atoms with Gasteiger partial charge in [-0.15, -0.1) is 0 Å². The number of aromatic amines is 1. The molecule has 1 aliphatic rings. The lowest BCUT2D eigenvalue weighted by molar-refractivity contribution is -0.130. The Morgan fingerprint density at radius 1 is 1.10 bits per heavy atom. The summed E-state index contributed by atoms with van der Waals surface area (Å²) in [6.45, 7) is -0.880. The van der Waals surface area contributed by atoms with E-state index in [9.17, 15) is 26.7 Å². The van der Waals surface area contributed by atoms with Crippen LogP contribution in [0.4, 0.5) is 22.0 Å². The molecular weight excluding hydrogens is 419 g/mol. The summed E-state index contributed by atoms with van der Waals surface area (Å²) in [5.74, 6) is -3.41. The molecule has 4 rings (SSSR count). The minimum Gasteiger partial charge on any atom is -0.394 e. The van der Waals surface area contributed by atoms with E-state index in [0.29, 0.717) is 22.2 Å². The Morgan fingerprint density at radius 3 is 2.39 bits per heavy atom. The number of fused-ring (bicyclic) bond motifs is 1. The van der Waals surface area contributed by atoms with Crippen molar-refractivity contribution in [3.05, 3.63) is 59.4 Å². The molecule has 0 unspecified atom stereocenters. The molecule has 4 nitrogen and oxygen atoms in total. The molecule has 1 atom stereocenters. The lowest BCUT2D eigenvalue weighted by Gasteiger charge is -2.35. The number of nitrogens with one attached hydrogen (secondary N) is 2. The van der Waals surface area contributed by atoms with Gasteiger partial charge in [0.15, 0.2) is 0 Å². The molecule has 1 amide bonds. The van der Waals surface area contributed by atoms with E-state index in [1.807, 2.05) is 0 Å². The average molecular weight is 438 g/mol. The highest BCUT2D eigenvalue weighted by Gasteiger charge is 2.39. The van der Waals surface area contributed by atoms with Crippen LogP contribution in [0.1, 0.15) is 24.3 Å². The molecule has 1 aliphatic carbocycles. The molecule has 31 heavy (non-hydrogen) atoms. The van der Waals surface area contributed by atoms with Crippen LogP contribution < -0.4 is 5.32 Å². The zero-order valence-corrected chi connectivity index (χ0v) is 16.1. The van der Waals surface area contributed by atoms with E-state index < -0.39 is 48.4 Å². The van der Waals surface area contributed by atoms with Gasteiger partial charge in [-0.25, -0.2) is 22.0 Å². The van der Waals surface area contributed by atoms with Crippen molar-refractivity contribution in [3.63, 3.8) is 0 Å². The third kappa shape index (κ3) is 4.01. The molecular formula is C22H19F5N2O2. The smallest absolute Gasteiger partial charge is 0.260 e. The molecule has 9 heteroatoms. The molecule has 1 fully saturated rings. The maximum Gasteiger partial charge on any atom is 0.260 e. The molecule has 0 saturated heterocycles. The third-order valence-electron chi connectivity index (χ3n) is 5.74. The quantitative estimate of drug-likeness (QED) is 0.497. The Balaban J connectivity index is 1.65. The van der Waals surface area contributed by atoms with Gasteiger partial charge in [-0.3, -0.25) is 4.79 Å². The predicted molar refractivity (Wildman–Crippen MR) is 104 cm³/mol. The van der Waals surface area contributed by atoms with Crippen LogP contribution in [-0.2, 0) is 4.79 Å². The van der Waals surface area contributed by atoms with Gasteiger partial charge in [-0.05, 0) is 60.2 Å². The van der Waals surface area contributed by atoms with Crippen molar-refractivity contribution in [2.45, 2.75) is 31.2 Å². The summed E-state index contributed by atoms with van der Waals surface area (Å²) in [6, 6.07) is 5.83. The van der Waals surface area contributed by atoms with Gasteiger partial charge in [0, 0.05) is 17.4 Å². The number of aliphatic hydroxyl groups is 1. The first-order chi connectivity index (χ1) is 14.8. The maximum atomic E-state index is 14.4. The third-order valence-corrected chi connectivity index (χ3v) is 5.74. The van der Waals surface area contributed by atoms with Crippen LogP contribution in [0.3, 0.4) is 0 Å². The lowest BCUT2D eigenvalue weighted by Crippen LogP contribution is -2.47. The summed E-state index contributed by atoms with van der Waals surface area (Å²) < 4.78 is 67.2. The van der Waals surface area contributed by atoms with Crippen LogP contribution in [0.25, 0.3) is 22.2 Å². The number of halogens is 5. The number of rotatable bonds is 6. The molecule has 0 spiro atoms. The highest BCUT2D eigenvalue weighted by Crippen LogP contribution is 2.48. The minimum atomic E-state index is -2.89. The summed E-state index contributed by atoms with van der Waals surface area (Å²) in [5.41, 5.74) is 1.75. The SMILES string of the molecule is O=C(N[C@@H](CO)C(F)F)C1CC(c2c(-c3ccc(F)cc3)[nH]c3c(F)cc(F)cc23)C1. The van der Waals surface area contributed by atoms with Crippen molar-refractivity contribution in [2.75, 3.05) is 6.61 Å². The van der Waals surface area contributed by atoms with Crippen molar-refractivity contribution in [2.24, 2.45) is 5.92 Å². The Bertz CT molecular complexity index is 1110. The molecule has 0 bridgehead atoms. The number of aliphatic hydroxyl groups excluding tert-OH is 1. The number of H-pyrrole nitrogens is 1. The highest BCUT2D eigenvalue weighted by atomic mass is 19.3. The minimum absolute atomic E-state index is 0.0988. The van der Waals surface area contributed by atoms with E-state index in [4.69, 9.17) is 5.11 Å². The van der Waals surface area contributed by atoms with Crippen molar-refractivity contribution < 1.29 is 31.9 Å². The zero-order valence-electron chi connectivity index (χ0n) is 16.1. The first-order valence-electron chi connectivity index (χ1n) is 9.74. The summed E-state index contributed by atoms with van der Waals surface area (Å²) in [4.78, 5) is 15.2. The van der Waals surface area contributed by atoms with Crippen molar-refractivity contribution in [3.8, 4) is 11.3 Å². The van der Waals surface area contributed by atoms with Gasteiger partial charge in [0.05, 0.1) is 17.8 Å². The largest absolute Gasteiger partial charge is 0.394 e. The second-order valence-corrected chi connectivity index (χ2v) is 7.73. The first-order valence-corrected chi connectivity index (χ1v) is 9.74. The lowest BCUT2D eigenvalue weighted by atomic mass is 9.69. The van der Waals surface area contributed by atoms with Crippen LogP contribution in [0.5, 0.6) is 0 Å². The van der Waals surface area contributed by atoms with Gasteiger partial charge < -0.3 is 15.4 Å². The van der Waals surface area contributed by atoms with Crippen molar-refractivity contribution in [1.29, 1.82) is 0 Å². The molecule has 0 aliphatic heterocycles. The van der Waals surface area contributed by atoms with E-state index in [-0.39, 0.29) is 24.3 Å². The van der Waals surface area contributed by atoms with Crippen LogP contribution in [0, 0.1) is 23.4 Å². The zero-order chi connectivity index (χ0) is 22.3. The maximum absolute atomic E-state index is 14.4. The van der Waals surface area contributed by atoms with Gasteiger partial charge in [0.1, 0.15) is 23.5 Å². The van der Waals surface area contributed by atoms with Gasteiger partial charge in [-0.2, -0.15) is 0 Å². The fourth-order valence-corrected chi connectivity index (χ4v) is 4.06. The van der Waals surface area contributed by atoms with Crippen LogP contribution in [-0.4, -0.2) is 35.1 Å². The standard InChI is InChI=1S/C22H19F5N2O2/c23-13-3-1-10(2-4-13)19-18(15-7-14(24)8-16(25)20(15)29-19)11-5-12(6-11)22(31)28-17(9-30)21(26)27/h1-4,7-8,11-12,17,21,29-30H,5-6,9H2,(H,28,31)/t11?,12?,17-/m0/s1.